The van der Waals surface area contributed by atoms with E-state index in [1.54, 1.807) is 6.92 Å². The number of hydrogen-bond acceptors (Lipinski definition) is 4. The highest BCUT2D eigenvalue weighted by Crippen LogP contribution is 2.21. The summed E-state index contributed by atoms with van der Waals surface area (Å²) >= 11 is 0. The highest BCUT2D eigenvalue weighted by molar-refractivity contribution is 7.89. The molecule has 1 fully saturated rings. The van der Waals surface area contributed by atoms with Gasteiger partial charge in [0.2, 0.25) is 0 Å². The average Bonchev–Trinajstić information content (AvgIpc) is 2.83. The Balaban J connectivity index is 2.40. The normalized spacial score (nSPS) is 16.9. The number of rotatable bonds is 2. The summed E-state index contributed by atoms with van der Waals surface area (Å²) in [5.74, 6) is 0. The van der Waals surface area contributed by atoms with Gasteiger partial charge in [0, 0.05) is 6.54 Å². The first-order chi connectivity index (χ1) is 8.05. The van der Waals surface area contributed by atoms with Crippen molar-refractivity contribution in [3.63, 3.8) is 0 Å². The topological polar surface area (TPSA) is 70.4 Å². The van der Waals surface area contributed by atoms with Crippen LogP contribution in [0, 0.1) is 18.3 Å². The Hall–Kier alpha value is -1.42. The number of sulfonamides is 1. The minimum atomic E-state index is -3.58. The minimum absolute atomic E-state index is 0.163. The van der Waals surface area contributed by atoms with E-state index in [4.69, 9.17) is 10.1 Å². The zero-order valence-electron chi connectivity index (χ0n) is 9.38. The number of hydroxylamine groups is 1. The fourth-order valence-corrected chi connectivity index (χ4v) is 3.04. The maximum atomic E-state index is 12.1. The van der Waals surface area contributed by atoms with E-state index in [-0.39, 0.29) is 4.90 Å². The van der Waals surface area contributed by atoms with Gasteiger partial charge in [-0.3, -0.25) is 4.84 Å². The van der Waals surface area contributed by atoms with Gasteiger partial charge in [-0.1, -0.05) is 4.47 Å². The van der Waals surface area contributed by atoms with E-state index < -0.39 is 10.0 Å². The fraction of sp³-hybridized carbons (Fsp3) is 0.364. The maximum absolute atomic E-state index is 12.1. The van der Waals surface area contributed by atoms with Crippen molar-refractivity contribution in [2.45, 2.75) is 18.2 Å². The number of aryl methyl sites for hydroxylation is 1. The molecule has 0 unspecified atom stereocenters. The van der Waals surface area contributed by atoms with Crippen LogP contribution in [0.25, 0.3) is 0 Å². The zero-order valence-corrected chi connectivity index (χ0v) is 10.2. The minimum Gasteiger partial charge on any atom is -0.284 e. The molecule has 0 N–H and O–H groups in total. The van der Waals surface area contributed by atoms with Crippen LogP contribution in [0.5, 0.6) is 0 Å². The lowest BCUT2D eigenvalue weighted by Crippen LogP contribution is -2.26. The predicted molar refractivity (Wildman–Crippen MR) is 60.4 cm³/mol. The van der Waals surface area contributed by atoms with Crippen LogP contribution in [-0.4, -0.2) is 26.0 Å². The molecular weight excluding hydrogens is 240 g/mol. The second-order valence-corrected chi connectivity index (χ2v) is 5.64. The smallest absolute Gasteiger partial charge is 0.265 e. The first-order valence-corrected chi connectivity index (χ1v) is 6.66. The third kappa shape index (κ3) is 2.17. The summed E-state index contributed by atoms with van der Waals surface area (Å²) in [6.07, 6.45) is 0.703. The summed E-state index contributed by atoms with van der Waals surface area (Å²) in [5.41, 5.74) is 1.12. The number of benzene rings is 1. The van der Waals surface area contributed by atoms with Crippen LogP contribution in [0.1, 0.15) is 17.5 Å². The van der Waals surface area contributed by atoms with Crippen molar-refractivity contribution in [3.05, 3.63) is 29.3 Å². The predicted octanol–water partition coefficient (Wildman–Crippen LogP) is 1.19. The van der Waals surface area contributed by atoms with Gasteiger partial charge in [-0.15, -0.1) is 0 Å². The Labute approximate surface area is 100 Å². The third-order valence-electron chi connectivity index (χ3n) is 2.60. The molecule has 0 atom stereocenters. The summed E-state index contributed by atoms with van der Waals surface area (Å²) < 4.78 is 25.2. The van der Waals surface area contributed by atoms with Crippen molar-refractivity contribution < 1.29 is 13.3 Å². The lowest BCUT2D eigenvalue weighted by Gasteiger charge is -2.14. The van der Waals surface area contributed by atoms with Gasteiger partial charge in [-0.05, 0) is 37.1 Å². The molecule has 1 aliphatic rings. The van der Waals surface area contributed by atoms with Crippen molar-refractivity contribution in [2.75, 3.05) is 13.2 Å². The molecule has 90 valence electrons. The molecule has 5 nitrogen and oxygen atoms in total. The lowest BCUT2D eigenvalue weighted by atomic mass is 10.1. The fourth-order valence-electron chi connectivity index (χ4n) is 1.65. The molecule has 0 aromatic heterocycles. The van der Waals surface area contributed by atoms with Gasteiger partial charge in [0.15, 0.2) is 0 Å². The molecule has 1 aromatic rings. The Morgan fingerprint density at radius 3 is 2.76 bits per heavy atom. The van der Waals surface area contributed by atoms with Gasteiger partial charge in [0.25, 0.3) is 10.0 Å². The Kier molecular flexibility index (Phi) is 3.15. The largest absolute Gasteiger partial charge is 0.284 e. The highest BCUT2D eigenvalue weighted by atomic mass is 32.2. The van der Waals surface area contributed by atoms with E-state index in [9.17, 15) is 8.42 Å². The lowest BCUT2D eigenvalue weighted by molar-refractivity contribution is -0.0284. The van der Waals surface area contributed by atoms with Crippen LogP contribution >= 0.6 is 0 Å². The molecule has 6 heteroatoms. The van der Waals surface area contributed by atoms with Crippen LogP contribution < -0.4 is 0 Å². The van der Waals surface area contributed by atoms with Crippen LogP contribution in [0.4, 0.5) is 0 Å². The number of hydrogen-bond donors (Lipinski definition) is 0. The molecule has 0 aliphatic carbocycles. The van der Waals surface area contributed by atoms with Crippen molar-refractivity contribution in [3.8, 4) is 6.07 Å². The van der Waals surface area contributed by atoms with Crippen LogP contribution in [0.3, 0.4) is 0 Å². The zero-order chi connectivity index (χ0) is 12.5. The second kappa shape index (κ2) is 4.45. The van der Waals surface area contributed by atoms with Gasteiger partial charge >= 0.3 is 0 Å². The molecule has 1 saturated heterocycles. The molecule has 0 bridgehead atoms. The van der Waals surface area contributed by atoms with Gasteiger partial charge in [0.05, 0.1) is 23.1 Å². The second-order valence-electron chi connectivity index (χ2n) is 3.81. The van der Waals surface area contributed by atoms with Gasteiger partial charge < -0.3 is 0 Å². The van der Waals surface area contributed by atoms with Gasteiger partial charge in [0.1, 0.15) is 0 Å². The molecule has 0 spiro atoms. The average molecular weight is 252 g/mol. The summed E-state index contributed by atoms with van der Waals surface area (Å²) in [7, 11) is -3.58. The Morgan fingerprint density at radius 2 is 2.24 bits per heavy atom. The molecule has 1 aliphatic heterocycles. The van der Waals surface area contributed by atoms with Crippen LogP contribution in [0.15, 0.2) is 23.1 Å². The monoisotopic (exact) mass is 252 g/mol. The first kappa shape index (κ1) is 12.0. The van der Waals surface area contributed by atoms with Crippen LogP contribution in [0.2, 0.25) is 0 Å². The summed E-state index contributed by atoms with van der Waals surface area (Å²) in [4.78, 5) is 5.21. The quantitative estimate of drug-likeness (QED) is 0.792. The summed E-state index contributed by atoms with van der Waals surface area (Å²) in [6.45, 7) is 2.51. The molecule has 17 heavy (non-hydrogen) atoms. The van der Waals surface area contributed by atoms with Gasteiger partial charge in [-0.25, -0.2) is 8.42 Å². The van der Waals surface area contributed by atoms with E-state index in [1.165, 1.54) is 18.2 Å². The van der Waals surface area contributed by atoms with E-state index in [2.05, 4.69) is 0 Å². The standard InChI is InChI=1S/C11H12N2O3S/c1-9-7-11(4-3-10(9)8-12)17(14,15)13-5-2-6-16-13/h3-4,7H,2,5-6H2,1H3. The first-order valence-electron chi connectivity index (χ1n) is 5.22. The third-order valence-corrected chi connectivity index (χ3v) is 4.28. The Bertz CT molecular complexity index is 569. The van der Waals surface area contributed by atoms with Crippen LogP contribution in [-0.2, 0) is 14.9 Å². The number of nitriles is 1. The molecule has 1 heterocycles. The highest BCUT2D eigenvalue weighted by Gasteiger charge is 2.28. The van der Waals surface area contributed by atoms with Crippen molar-refractivity contribution >= 4 is 10.0 Å². The number of nitrogens with zero attached hydrogens (tertiary/aromatic N) is 2. The van der Waals surface area contributed by atoms with Crippen molar-refractivity contribution in [2.24, 2.45) is 0 Å². The van der Waals surface area contributed by atoms with E-state index in [1.807, 2.05) is 6.07 Å². The molecule has 1 aromatic carbocycles. The van der Waals surface area contributed by atoms with E-state index in [0.29, 0.717) is 30.7 Å². The molecule has 0 radical (unpaired) electrons. The molecule has 0 saturated carbocycles. The Morgan fingerprint density at radius 1 is 1.47 bits per heavy atom. The summed E-state index contributed by atoms with van der Waals surface area (Å²) in [6, 6.07) is 6.44. The summed E-state index contributed by atoms with van der Waals surface area (Å²) in [5, 5.41) is 8.79. The van der Waals surface area contributed by atoms with E-state index in [0.717, 1.165) is 4.47 Å². The molecule has 2 rings (SSSR count). The van der Waals surface area contributed by atoms with Crippen molar-refractivity contribution in [1.29, 1.82) is 5.26 Å². The van der Waals surface area contributed by atoms with E-state index >= 15 is 0 Å². The van der Waals surface area contributed by atoms with Gasteiger partial charge in [-0.2, -0.15) is 5.26 Å². The SMILES string of the molecule is Cc1cc(S(=O)(=O)N2CCCO2)ccc1C#N. The molecule has 0 amide bonds. The maximum Gasteiger partial charge on any atom is 0.265 e. The van der Waals surface area contributed by atoms with Crippen molar-refractivity contribution in [1.82, 2.24) is 4.47 Å². The molecular formula is C11H12N2O3S.